The molecule has 0 spiro atoms. The van der Waals surface area contributed by atoms with Crippen LogP contribution in [0.2, 0.25) is 0 Å². The topological polar surface area (TPSA) is 33.2 Å². The molecule has 0 bridgehead atoms. The van der Waals surface area contributed by atoms with Gasteiger partial charge in [-0.25, -0.2) is 4.39 Å². The Labute approximate surface area is 129 Å². The third kappa shape index (κ3) is 3.32. The number of halogens is 1. The molecule has 3 rings (SSSR count). The molecule has 1 aliphatic heterocycles. The van der Waals surface area contributed by atoms with Crippen molar-refractivity contribution in [1.29, 1.82) is 0 Å². The third-order valence-electron chi connectivity index (χ3n) is 4.24. The first-order chi connectivity index (χ1) is 10.7. The summed E-state index contributed by atoms with van der Waals surface area (Å²) in [5.41, 5.74) is 1.80. The molecule has 4 heteroatoms. The number of hydrogen-bond donors (Lipinski definition) is 0. The van der Waals surface area contributed by atoms with Gasteiger partial charge in [-0.15, -0.1) is 0 Å². The van der Waals surface area contributed by atoms with Gasteiger partial charge in [-0.3, -0.25) is 9.78 Å². The van der Waals surface area contributed by atoms with Crippen molar-refractivity contribution in [2.45, 2.75) is 25.2 Å². The molecule has 3 nitrogen and oxygen atoms in total. The lowest BCUT2D eigenvalue weighted by molar-refractivity contribution is -0.130. The molecule has 1 amide bonds. The Hall–Kier alpha value is -2.23. The van der Waals surface area contributed by atoms with Crippen LogP contribution in [0.25, 0.3) is 0 Å². The van der Waals surface area contributed by atoms with Gasteiger partial charge in [0.05, 0.1) is 0 Å². The van der Waals surface area contributed by atoms with Crippen LogP contribution in [0.5, 0.6) is 0 Å². The first-order valence-electron chi connectivity index (χ1n) is 7.65. The summed E-state index contributed by atoms with van der Waals surface area (Å²) in [7, 11) is 0. The van der Waals surface area contributed by atoms with E-state index in [1.807, 2.05) is 29.2 Å². The van der Waals surface area contributed by atoms with Crippen LogP contribution in [0.15, 0.2) is 48.8 Å². The molecule has 1 atom stereocenters. The molecule has 2 aromatic rings. The number of aromatic nitrogens is 1. The van der Waals surface area contributed by atoms with E-state index in [9.17, 15) is 9.18 Å². The van der Waals surface area contributed by atoms with Crippen LogP contribution in [0.1, 0.15) is 29.9 Å². The molecule has 22 heavy (non-hydrogen) atoms. The van der Waals surface area contributed by atoms with Crippen LogP contribution in [0.4, 0.5) is 4.39 Å². The molecule has 0 saturated carbocycles. The average Bonchev–Trinajstić information content (AvgIpc) is 3.04. The van der Waals surface area contributed by atoms with E-state index in [1.165, 1.54) is 6.07 Å². The van der Waals surface area contributed by atoms with Crippen LogP contribution in [0.3, 0.4) is 0 Å². The lowest BCUT2D eigenvalue weighted by Gasteiger charge is -2.17. The fourth-order valence-electron chi connectivity index (χ4n) is 3.00. The van der Waals surface area contributed by atoms with Gasteiger partial charge in [0.15, 0.2) is 0 Å². The lowest BCUT2D eigenvalue weighted by Crippen LogP contribution is -2.28. The maximum absolute atomic E-state index is 13.8. The van der Waals surface area contributed by atoms with Gasteiger partial charge in [0.1, 0.15) is 5.82 Å². The summed E-state index contributed by atoms with van der Waals surface area (Å²) in [6.45, 7) is 1.33. The second-order valence-electron chi connectivity index (χ2n) is 5.71. The fourth-order valence-corrected chi connectivity index (χ4v) is 3.00. The molecule has 114 valence electrons. The highest BCUT2D eigenvalue weighted by Gasteiger charge is 2.28. The Balaban J connectivity index is 1.56. The summed E-state index contributed by atoms with van der Waals surface area (Å²) in [6, 6.07) is 10.7. The summed E-state index contributed by atoms with van der Waals surface area (Å²) in [5.74, 6) is 0.0865. The van der Waals surface area contributed by atoms with Crippen molar-refractivity contribution in [3.8, 4) is 0 Å². The van der Waals surface area contributed by atoms with Crippen molar-refractivity contribution < 1.29 is 9.18 Å². The smallest absolute Gasteiger partial charge is 0.222 e. The molecule has 1 saturated heterocycles. The van der Waals surface area contributed by atoms with Crippen molar-refractivity contribution in [3.05, 3.63) is 65.7 Å². The second kappa shape index (κ2) is 6.69. The van der Waals surface area contributed by atoms with Gasteiger partial charge >= 0.3 is 0 Å². The minimum Gasteiger partial charge on any atom is -0.342 e. The van der Waals surface area contributed by atoms with Crippen LogP contribution in [-0.4, -0.2) is 28.9 Å². The number of carbonyl (C=O) groups excluding carboxylic acids is 1. The van der Waals surface area contributed by atoms with Crippen molar-refractivity contribution in [1.82, 2.24) is 9.88 Å². The number of rotatable bonds is 4. The zero-order valence-corrected chi connectivity index (χ0v) is 12.4. The first-order valence-corrected chi connectivity index (χ1v) is 7.65. The predicted molar refractivity (Wildman–Crippen MR) is 82.9 cm³/mol. The summed E-state index contributed by atoms with van der Waals surface area (Å²) in [6.07, 6.45) is 5.53. The minimum atomic E-state index is -0.169. The number of aryl methyl sites for hydroxylation is 1. The summed E-state index contributed by atoms with van der Waals surface area (Å²) < 4.78 is 13.8. The van der Waals surface area contributed by atoms with E-state index in [0.29, 0.717) is 25.9 Å². The van der Waals surface area contributed by atoms with Gasteiger partial charge in [-0.05, 0) is 36.1 Å². The number of carbonyl (C=O) groups is 1. The van der Waals surface area contributed by atoms with Crippen LogP contribution in [0, 0.1) is 5.82 Å². The zero-order valence-electron chi connectivity index (χ0n) is 12.4. The Morgan fingerprint density at radius 2 is 2.14 bits per heavy atom. The highest BCUT2D eigenvalue weighted by atomic mass is 19.1. The Morgan fingerprint density at radius 3 is 2.91 bits per heavy atom. The van der Waals surface area contributed by atoms with Crippen molar-refractivity contribution >= 4 is 5.91 Å². The summed E-state index contributed by atoms with van der Waals surface area (Å²) in [4.78, 5) is 18.2. The molecule has 0 unspecified atom stereocenters. The molecule has 1 aromatic heterocycles. The van der Waals surface area contributed by atoms with Crippen molar-refractivity contribution in [2.24, 2.45) is 0 Å². The molecule has 0 aliphatic carbocycles. The van der Waals surface area contributed by atoms with Gasteiger partial charge in [0.2, 0.25) is 5.91 Å². The highest BCUT2D eigenvalue weighted by molar-refractivity contribution is 5.76. The van der Waals surface area contributed by atoms with E-state index >= 15 is 0 Å². The van der Waals surface area contributed by atoms with Crippen molar-refractivity contribution in [3.63, 3.8) is 0 Å². The molecule has 1 aromatic carbocycles. The number of nitrogens with zero attached hydrogens (tertiary/aromatic N) is 2. The van der Waals surface area contributed by atoms with Gasteiger partial charge in [0.25, 0.3) is 0 Å². The second-order valence-corrected chi connectivity index (χ2v) is 5.71. The van der Waals surface area contributed by atoms with Crippen LogP contribution >= 0.6 is 0 Å². The predicted octanol–water partition coefficient (Wildman–Crippen LogP) is 3.17. The van der Waals surface area contributed by atoms with Gasteiger partial charge in [-0.1, -0.05) is 24.3 Å². The first kappa shape index (κ1) is 14.7. The van der Waals surface area contributed by atoms with Crippen LogP contribution < -0.4 is 0 Å². The maximum atomic E-state index is 13.8. The number of pyridine rings is 1. The zero-order chi connectivity index (χ0) is 15.4. The third-order valence-corrected chi connectivity index (χ3v) is 4.24. The normalized spacial score (nSPS) is 17.7. The molecule has 1 aliphatic rings. The number of hydrogen-bond acceptors (Lipinski definition) is 2. The SMILES string of the molecule is O=C(CCc1cccnc1)N1CC[C@@H](c2ccccc2F)C1. The van der Waals surface area contributed by atoms with E-state index in [4.69, 9.17) is 0 Å². The van der Waals surface area contributed by atoms with E-state index in [2.05, 4.69) is 4.98 Å². The molecule has 1 fully saturated rings. The fraction of sp³-hybridized carbons (Fsp3) is 0.333. The number of amides is 1. The number of benzene rings is 1. The minimum absolute atomic E-state index is 0.114. The molecular formula is C18H19FN2O. The standard InChI is InChI=1S/C18H19FN2O/c19-17-6-2-1-5-16(17)15-9-11-21(13-15)18(22)8-7-14-4-3-10-20-12-14/h1-6,10,12,15H,7-9,11,13H2/t15-/m1/s1. The summed E-state index contributed by atoms with van der Waals surface area (Å²) >= 11 is 0. The van der Waals surface area contributed by atoms with Gasteiger partial charge < -0.3 is 4.90 Å². The van der Waals surface area contributed by atoms with Gasteiger partial charge in [-0.2, -0.15) is 0 Å². The molecule has 2 heterocycles. The highest BCUT2D eigenvalue weighted by Crippen LogP contribution is 2.29. The van der Waals surface area contributed by atoms with E-state index < -0.39 is 0 Å². The van der Waals surface area contributed by atoms with Gasteiger partial charge in [0, 0.05) is 37.8 Å². The molecule has 0 radical (unpaired) electrons. The Bertz CT molecular complexity index is 645. The monoisotopic (exact) mass is 298 g/mol. The largest absolute Gasteiger partial charge is 0.342 e. The lowest BCUT2D eigenvalue weighted by atomic mass is 9.98. The summed E-state index contributed by atoms with van der Waals surface area (Å²) in [5, 5.41) is 0. The molecule has 0 N–H and O–H groups in total. The van der Waals surface area contributed by atoms with E-state index in [0.717, 1.165) is 17.5 Å². The van der Waals surface area contributed by atoms with Crippen LogP contribution in [-0.2, 0) is 11.2 Å². The van der Waals surface area contributed by atoms with E-state index in [1.54, 1.807) is 18.5 Å². The quantitative estimate of drug-likeness (QED) is 0.868. The average molecular weight is 298 g/mol. The number of likely N-dealkylation sites (tertiary alicyclic amines) is 1. The Kier molecular flexibility index (Phi) is 4.47. The Morgan fingerprint density at radius 1 is 1.27 bits per heavy atom. The maximum Gasteiger partial charge on any atom is 0.222 e. The van der Waals surface area contributed by atoms with Crippen molar-refractivity contribution in [2.75, 3.05) is 13.1 Å². The van der Waals surface area contributed by atoms with E-state index in [-0.39, 0.29) is 17.6 Å². The molecular weight excluding hydrogens is 279 g/mol.